The molecule has 1 unspecified atom stereocenters. The molecule has 110 valence electrons. The molecule has 1 fully saturated rings. The van der Waals surface area contributed by atoms with Crippen molar-refractivity contribution in [3.8, 4) is 0 Å². The highest BCUT2D eigenvalue weighted by Crippen LogP contribution is 2.19. The van der Waals surface area contributed by atoms with E-state index in [1.54, 1.807) is 0 Å². The smallest absolute Gasteiger partial charge is 0.304 e. The molecular formula is C17H25NO2. The van der Waals surface area contributed by atoms with E-state index in [9.17, 15) is 4.79 Å². The van der Waals surface area contributed by atoms with E-state index in [1.807, 2.05) is 0 Å². The lowest BCUT2D eigenvalue weighted by molar-refractivity contribution is -0.137. The third kappa shape index (κ3) is 4.97. The second kappa shape index (κ2) is 7.44. The Morgan fingerprint density at radius 2 is 1.90 bits per heavy atom. The Bertz CT molecular complexity index is 421. The SMILES string of the molecule is Cc1ccc(CC(CC(=O)O)NC2CCCCC2)cc1. The zero-order valence-electron chi connectivity index (χ0n) is 12.3. The van der Waals surface area contributed by atoms with Crippen molar-refractivity contribution in [2.75, 3.05) is 0 Å². The lowest BCUT2D eigenvalue weighted by Gasteiger charge is -2.28. The number of aliphatic carboxylic acids is 1. The van der Waals surface area contributed by atoms with E-state index < -0.39 is 5.97 Å². The molecule has 2 rings (SSSR count). The first-order valence-corrected chi connectivity index (χ1v) is 7.67. The molecule has 1 atom stereocenters. The van der Waals surface area contributed by atoms with Gasteiger partial charge in [-0.15, -0.1) is 0 Å². The van der Waals surface area contributed by atoms with Crippen molar-refractivity contribution in [3.63, 3.8) is 0 Å². The number of nitrogens with one attached hydrogen (secondary N) is 1. The van der Waals surface area contributed by atoms with Crippen LogP contribution >= 0.6 is 0 Å². The zero-order valence-corrected chi connectivity index (χ0v) is 12.3. The molecule has 20 heavy (non-hydrogen) atoms. The molecule has 0 bridgehead atoms. The number of aryl methyl sites for hydroxylation is 1. The van der Waals surface area contributed by atoms with Crippen LogP contribution in [0, 0.1) is 6.92 Å². The van der Waals surface area contributed by atoms with E-state index in [4.69, 9.17) is 5.11 Å². The molecule has 1 aromatic carbocycles. The fraction of sp³-hybridized carbons (Fsp3) is 0.588. The van der Waals surface area contributed by atoms with Crippen molar-refractivity contribution < 1.29 is 9.90 Å². The Morgan fingerprint density at radius 1 is 1.25 bits per heavy atom. The van der Waals surface area contributed by atoms with Crippen molar-refractivity contribution in [2.24, 2.45) is 0 Å². The van der Waals surface area contributed by atoms with Crippen LogP contribution in [0.25, 0.3) is 0 Å². The first kappa shape index (κ1) is 15.0. The minimum atomic E-state index is -0.717. The van der Waals surface area contributed by atoms with Gasteiger partial charge in [-0.2, -0.15) is 0 Å². The maximum atomic E-state index is 11.1. The summed E-state index contributed by atoms with van der Waals surface area (Å²) in [7, 11) is 0. The van der Waals surface area contributed by atoms with Crippen molar-refractivity contribution in [3.05, 3.63) is 35.4 Å². The number of carboxylic acids is 1. The van der Waals surface area contributed by atoms with Crippen LogP contribution in [0.15, 0.2) is 24.3 Å². The van der Waals surface area contributed by atoms with E-state index in [0.717, 1.165) is 6.42 Å². The van der Waals surface area contributed by atoms with E-state index >= 15 is 0 Å². The summed E-state index contributed by atoms with van der Waals surface area (Å²) in [6.45, 7) is 2.07. The number of carboxylic acid groups (broad SMARTS) is 1. The minimum absolute atomic E-state index is 0.0401. The van der Waals surface area contributed by atoms with Gasteiger partial charge in [-0.25, -0.2) is 0 Å². The molecule has 0 saturated heterocycles. The first-order valence-electron chi connectivity index (χ1n) is 7.67. The van der Waals surface area contributed by atoms with Crippen LogP contribution in [-0.2, 0) is 11.2 Å². The van der Waals surface area contributed by atoms with Crippen LogP contribution in [0.4, 0.5) is 0 Å². The van der Waals surface area contributed by atoms with Crippen LogP contribution < -0.4 is 5.32 Å². The number of benzene rings is 1. The molecule has 0 radical (unpaired) electrons. The summed E-state index contributed by atoms with van der Waals surface area (Å²) in [5.74, 6) is -0.717. The van der Waals surface area contributed by atoms with Crippen molar-refractivity contribution in [1.29, 1.82) is 0 Å². The average Bonchev–Trinajstić information content (AvgIpc) is 2.42. The van der Waals surface area contributed by atoms with Gasteiger partial charge in [0.1, 0.15) is 0 Å². The maximum absolute atomic E-state index is 11.1. The molecular weight excluding hydrogens is 250 g/mol. The predicted octanol–water partition coefficient (Wildman–Crippen LogP) is 3.30. The number of rotatable bonds is 6. The van der Waals surface area contributed by atoms with E-state index in [2.05, 4.69) is 36.5 Å². The molecule has 1 aliphatic carbocycles. The average molecular weight is 275 g/mol. The molecule has 0 aliphatic heterocycles. The Balaban J connectivity index is 1.95. The maximum Gasteiger partial charge on any atom is 0.304 e. The molecule has 0 amide bonds. The summed E-state index contributed by atoms with van der Waals surface area (Å²) in [4.78, 5) is 11.1. The summed E-state index contributed by atoms with van der Waals surface area (Å²) in [6, 6.07) is 8.93. The summed E-state index contributed by atoms with van der Waals surface area (Å²) in [5.41, 5.74) is 2.45. The van der Waals surface area contributed by atoms with Gasteiger partial charge in [-0.3, -0.25) is 4.79 Å². The van der Waals surface area contributed by atoms with Gasteiger partial charge in [0.05, 0.1) is 6.42 Å². The normalized spacial score (nSPS) is 17.9. The van der Waals surface area contributed by atoms with Crippen molar-refractivity contribution in [1.82, 2.24) is 5.32 Å². The zero-order chi connectivity index (χ0) is 14.4. The van der Waals surface area contributed by atoms with Crippen LogP contribution in [0.2, 0.25) is 0 Å². The molecule has 2 N–H and O–H groups in total. The monoisotopic (exact) mass is 275 g/mol. The fourth-order valence-electron chi connectivity index (χ4n) is 3.01. The Labute approximate surface area is 121 Å². The van der Waals surface area contributed by atoms with Crippen molar-refractivity contribution >= 4 is 5.97 Å². The topological polar surface area (TPSA) is 49.3 Å². The summed E-state index contributed by atoms with van der Waals surface area (Å²) < 4.78 is 0. The number of hydrogen-bond donors (Lipinski definition) is 2. The first-order chi connectivity index (χ1) is 9.63. The van der Waals surface area contributed by atoms with Gasteiger partial charge in [0.15, 0.2) is 0 Å². The molecule has 0 spiro atoms. The fourth-order valence-corrected chi connectivity index (χ4v) is 3.01. The molecule has 0 heterocycles. The van der Waals surface area contributed by atoms with Crippen LogP contribution in [0.3, 0.4) is 0 Å². The van der Waals surface area contributed by atoms with E-state index in [1.165, 1.54) is 43.2 Å². The van der Waals surface area contributed by atoms with Crippen LogP contribution in [-0.4, -0.2) is 23.2 Å². The minimum Gasteiger partial charge on any atom is -0.481 e. The van der Waals surface area contributed by atoms with E-state index in [0.29, 0.717) is 6.04 Å². The quantitative estimate of drug-likeness (QED) is 0.837. The molecule has 1 aromatic rings. The molecule has 3 heteroatoms. The summed E-state index contributed by atoms with van der Waals surface area (Å²) >= 11 is 0. The summed E-state index contributed by atoms with van der Waals surface area (Å²) in [6.07, 6.45) is 7.21. The number of hydrogen-bond acceptors (Lipinski definition) is 2. The molecule has 0 aromatic heterocycles. The van der Waals surface area contributed by atoms with E-state index in [-0.39, 0.29) is 12.5 Å². The third-order valence-electron chi connectivity index (χ3n) is 4.10. The lowest BCUT2D eigenvalue weighted by Crippen LogP contribution is -2.41. The molecule has 3 nitrogen and oxygen atoms in total. The van der Waals surface area contributed by atoms with Gasteiger partial charge in [-0.05, 0) is 31.7 Å². The largest absolute Gasteiger partial charge is 0.481 e. The van der Waals surface area contributed by atoms with Gasteiger partial charge >= 0.3 is 5.97 Å². The predicted molar refractivity (Wildman–Crippen MR) is 80.9 cm³/mol. The van der Waals surface area contributed by atoms with Crippen LogP contribution in [0.1, 0.15) is 49.7 Å². The van der Waals surface area contributed by atoms with Gasteiger partial charge < -0.3 is 10.4 Å². The van der Waals surface area contributed by atoms with Crippen molar-refractivity contribution in [2.45, 2.75) is 64.0 Å². The van der Waals surface area contributed by atoms with Gasteiger partial charge in [0.2, 0.25) is 0 Å². The Kier molecular flexibility index (Phi) is 5.60. The standard InChI is InChI=1S/C17H25NO2/c1-13-7-9-14(10-8-13)11-16(12-17(19)20)18-15-5-3-2-4-6-15/h7-10,15-16,18H,2-6,11-12H2,1H3,(H,19,20). The highest BCUT2D eigenvalue weighted by Gasteiger charge is 2.20. The lowest BCUT2D eigenvalue weighted by atomic mass is 9.93. The van der Waals surface area contributed by atoms with Gasteiger partial charge in [0, 0.05) is 12.1 Å². The number of carbonyl (C=O) groups is 1. The Hall–Kier alpha value is -1.35. The molecule has 1 aliphatic rings. The Morgan fingerprint density at radius 3 is 2.50 bits per heavy atom. The van der Waals surface area contributed by atoms with Crippen LogP contribution in [0.5, 0.6) is 0 Å². The second-order valence-corrected chi connectivity index (χ2v) is 5.99. The molecule has 1 saturated carbocycles. The second-order valence-electron chi connectivity index (χ2n) is 5.99. The van der Waals surface area contributed by atoms with Gasteiger partial charge in [0.25, 0.3) is 0 Å². The highest BCUT2D eigenvalue weighted by molar-refractivity contribution is 5.67. The van der Waals surface area contributed by atoms with Gasteiger partial charge in [-0.1, -0.05) is 49.1 Å². The highest BCUT2D eigenvalue weighted by atomic mass is 16.4. The summed E-state index contributed by atoms with van der Waals surface area (Å²) in [5, 5.41) is 12.7. The third-order valence-corrected chi connectivity index (χ3v) is 4.10.